The summed E-state index contributed by atoms with van der Waals surface area (Å²) in [6.45, 7) is 6.35. The van der Waals surface area contributed by atoms with Crippen LogP contribution in [0.2, 0.25) is 0 Å². The summed E-state index contributed by atoms with van der Waals surface area (Å²) in [7, 11) is 0. The molecule has 0 radical (unpaired) electrons. The summed E-state index contributed by atoms with van der Waals surface area (Å²) in [6.07, 6.45) is 0. The quantitative estimate of drug-likeness (QED) is 0.776. The fourth-order valence-corrected chi connectivity index (χ4v) is 2.00. The van der Waals surface area contributed by atoms with Crippen molar-refractivity contribution in [2.75, 3.05) is 5.75 Å². The number of carbonyl (C=O) groups is 1. The zero-order valence-corrected chi connectivity index (χ0v) is 11.6. The first kappa shape index (κ1) is 12.8. The van der Waals surface area contributed by atoms with Gasteiger partial charge in [-0.05, 0) is 12.1 Å². The van der Waals surface area contributed by atoms with Crippen LogP contribution >= 0.6 is 27.7 Å². The van der Waals surface area contributed by atoms with Gasteiger partial charge < -0.3 is 0 Å². The van der Waals surface area contributed by atoms with Crippen molar-refractivity contribution in [1.82, 2.24) is 0 Å². The van der Waals surface area contributed by atoms with Crippen LogP contribution in [0.15, 0.2) is 28.7 Å². The van der Waals surface area contributed by atoms with Crippen molar-refractivity contribution in [2.45, 2.75) is 25.5 Å². The number of halogens is 1. The van der Waals surface area contributed by atoms with Crippen molar-refractivity contribution >= 4 is 33.5 Å². The molecule has 0 atom stereocenters. The topological polar surface area (TPSA) is 17.1 Å². The van der Waals surface area contributed by atoms with E-state index in [0.717, 1.165) is 10.0 Å². The van der Waals surface area contributed by atoms with E-state index in [9.17, 15) is 4.79 Å². The van der Waals surface area contributed by atoms with Gasteiger partial charge in [-0.1, -0.05) is 48.8 Å². The molecule has 1 rings (SSSR count). The maximum Gasteiger partial charge on any atom is 0.172 e. The lowest BCUT2D eigenvalue weighted by molar-refractivity contribution is 0.102. The van der Waals surface area contributed by atoms with Crippen molar-refractivity contribution in [3.05, 3.63) is 34.3 Å². The number of thioether (sulfide) groups is 1. The Kier molecular flexibility index (Phi) is 4.41. The van der Waals surface area contributed by atoms with E-state index in [1.165, 1.54) is 0 Å². The predicted octanol–water partition coefficient (Wildman–Crippen LogP) is 4.16. The van der Waals surface area contributed by atoms with Gasteiger partial charge in [0, 0.05) is 14.8 Å². The maximum atomic E-state index is 11.8. The zero-order chi connectivity index (χ0) is 11.5. The van der Waals surface area contributed by atoms with Gasteiger partial charge in [0.25, 0.3) is 0 Å². The lowest BCUT2D eigenvalue weighted by Gasteiger charge is -2.16. The van der Waals surface area contributed by atoms with Gasteiger partial charge in [-0.25, -0.2) is 0 Å². The van der Waals surface area contributed by atoms with Crippen molar-refractivity contribution in [1.29, 1.82) is 0 Å². The molecule has 0 spiro atoms. The molecule has 1 nitrogen and oxygen atoms in total. The Labute approximate surface area is 104 Å². The maximum absolute atomic E-state index is 11.8. The first-order chi connectivity index (χ1) is 6.88. The molecule has 0 heterocycles. The number of hydrogen-bond donors (Lipinski definition) is 0. The van der Waals surface area contributed by atoms with Gasteiger partial charge in [0.15, 0.2) is 5.78 Å². The van der Waals surface area contributed by atoms with Crippen molar-refractivity contribution in [3.8, 4) is 0 Å². The molecule has 0 aliphatic carbocycles. The molecule has 3 heteroatoms. The van der Waals surface area contributed by atoms with E-state index in [-0.39, 0.29) is 10.5 Å². The SMILES string of the molecule is CC(C)(C)SCC(=O)c1ccc(Br)cc1. The minimum atomic E-state index is 0.144. The molecule has 0 unspecified atom stereocenters. The van der Waals surface area contributed by atoms with E-state index < -0.39 is 0 Å². The number of rotatable bonds is 3. The monoisotopic (exact) mass is 286 g/mol. The average Bonchev–Trinajstić information content (AvgIpc) is 2.14. The smallest absolute Gasteiger partial charge is 0.172 e. The Morgan fingerprint density at radius 1 is 1.27 bits per heavy atom. The van der Waals surface area contributed by atoms with Crippen LogP contribution in [-0.2, 0) is 0 Å². The second kappa shape index (κ2) is 5.17. The molecule has 1 aromatic carbocycles. The van der Waals surface area contributed by atoms with Gasteiger partial charge in [-0.15, -0.1) is 11.8 Å². The molecule has 0 N–H and O–H groups in total. The van der Waals surface area contributed by atoms with Gasteiger partial charge in [-0.3, -0.25) is 4.79 Å². The standard InChI is InChI=1S/C12H15BrOS/c1-12(2,3)15-8-11(14)9-4-6-10(13)7-5-9/h4-7H,8H2,1-3H3. The van der Waals surface area contributed by atoms with Crippen LogP contribution in [0.1, 0.15) is 31.1 Å². The minimum Gasteiger partial charge on any atom is -0.293 e. The fraction of sp³-hybridized carbons (Fsp3) is 0.417. The van der Waals surface area contributed by atoms with Crippen LogP contribution in [0.25, 0.3) is 0 Å². The molecule has 0 bridgehead atoms. The molecule has 0 fully saturated rings. The van der Waals surface area contributed by atoms with Crippen LogP contribution < -0.4 is 0 Å². The second-order valence-electron chi connectivity index (χ2n) is 4.33. The average molecular weight is 287 g/mol. The summed E-state index contributed by atoms with van der Waals surface area (Å²) in [5.41, 5.74) is 0.787. The Morgan fingerprint density at radius 3 is 2.27 bits per heavy atom. The van der Waals surface area contributed by atoms with E-state index in [4.69, 9.17) is 0 Å². The van der Waals surface area contributed by atoms with Gasteiger partial charge in [0.2, 0.25) is 0 Å². The third kappa shape index (κ3) is 4.85. The summed E-state index contributed by atoms with van der Waals surface area (Å²) < 4.78 is 1.15. The number of Topliss-reactive ketones (excluding diaryl/α,β-unsaturated/α-hetero) is 1. The van der Waals surface area contributed by atoms with Crippen molar-refractivity contribution < 1.29 is 4.79 Å². The zero-order valence-electron chi connectivity index (χ0n) is 9.21. The summed E-state index contributed by atoms with van der Waals surface area (Å²) >= 11 is 5.03. The number of benzene rings is 1. The van der Waals surface area contributed by atoms with Gasteiger partial charge in [0.1, 0.15) is 0 Å². The highest BCUT2D eigenvalue weighted by Crippen LogP contribution is 2.24. The largest absolute Gasteiger partial charge is 0.293 e. The summed E-state index contributed by atoms with van der Waals surface area (Å²) in [5, 5.41) is 0. The van der Waals surface area contributed by atoms with Crippen molar-refractivity contribution in [2.24, 2.45) is 0 Å². The van der Waals surface area contributed by atoms with E-state index in [1.54, 1.807) is 11.8 Å². The second-order valence-corrected chi connectivity index (χ2v) is 7.05. The van der Waals surface area contributed by atoms with Crippen LogP contribution in [-0.4, -0.2) is 16.3 Å². The first-order valence-electron chi connectivity index (χ1n) is 4.81. The van der Waals surface area contributed by atoms with Crippen molar-refractivity contribution in [3.63, 3.8) is 0 Å². The first-order valence-corrected chi connectivity index (χ1v) is 6.59. The van der Waals surface area contributed by atoms with Gasteiger partial charge in [-0.2, -0.15) is 0 Å². The molecule has 0 amide bonds. The molecule has 0 saturated heterocycles. The Bertz CT molecular complexity index is 338. The van der Waals surface area contributed by atoms with Crippen LogP contribution in [0.3, 0.4) is 0 Å². The highest BCUT2D eigenvalue weighted by atomic mass is 79.9. The summed E-state index contributed by atoms with van der Waals surface area (Å²) in [6, 6.07) is 7.51. The third-order valence-corrected chi connectivity index (χ3v) is 3.60. The molecule has 1 aromatic rings. The van der Waals surface area contributed by atoms with Gasteiger partial charge >= 0.3 is 0 Å². The number of carbonyl (C=O) groups excluding carboxylic acids is 1. The number of hydrogen-bond acceptors (Lipinski definition) is 2. The molecule has 0 aromatic heterocycles. The Morgan fingerprint density at radius 2 is 1.80 bits per heavy atom. The highest BCUT2D eigenvalue weighted by molar-refractivity contribution is 9.10. The molecule has 82 valence electrons. The van der Waals surface area contributed by atoms with E-state index in [2.05, 4.69) is 36.7 Å². The Balaban J connectivity index is 2.58. The van der Waals surface area contributed by atoms with E-state index >= 15 is 0 Å². The molecule has 0 saturated carbocycles. The third-order valence-electron chi connectivity index (χ3n) is 1.80. The highest BCUT2D eigenvalue weighted by Gasteiger charge is 2.14. The summed E-state index contributed by atoms with van der Waals surface area (Å²) in [5.74, 6) is 0.743. The lowest BCUT2D eigenvalue weighted by atomic mass is 10.2. The molecule has 0 aliphatic heterocycles. The van der Waals surface area contributed by atoms with E-state index in [0.29, 0.717) is 5.75 Å². The van der Waals surface area contributed by atoms with Crippen LogP contribution in [0, 0.1) is 0 Å². The Hall–Kier alpha value is -0.280. The van der Waals surface area contributed by atoms with Crippen LogP contribution in [0.4, 0.5) is 0 Å². The molecular formula is C12H15BrOS. The normalized spacial score (nSPS) is 11.5. The van der Waals surface area contributed by atoms with Crippen LogP contribution in [0.5, 0.6) is 0 Å². The molecular weight excluding hydrogens is 272 g/mol. The molecule has 15 heavy (non-hydrogen) atoms. The lowest BCUT2D eigenvalue weighted by Crippen LogP contribution is -2.13. The molecule has 0 aliphatic rings. The number of ketones is 1. The fourth-order valence-electron chi connectivity index (χ4n) is 1.00. The summed E-state index contributed by atoms with van der Waals surface area (Å²) in [4.78, 5) is 11.8. The van der Waals surface area contributed by atoms with E-state index in [1.807, 2.05) is 24.3 Å². The van der Waals surface area contributed by atoms with Gasteiger partial charge in [0.05, 0.1) is 5.75 Å². The predicted molar refractivity (Wildman–Crippen MR) is 70.7 cm³/mol. The minimum absolute atomic E-state index is 0.144.